The van der Waals surface area contributed by atoms with E-state index >= 15 is 0 Å². The lowest BCUT2D eigenvalue weighted by molar-refractivity contribution is 0.159. The zero-order valence-corrected chi connectivity index (χ0v) is 14.5. The number of sulfonamides is 1. The molecule has 0 amide bonds. The number of aromatic nitrogens is 2. The van der Waals surface area contributed by atoms with Crippen molar-refractivity contribution >= 4 is 26.5 Å². The molecule has 2 aromatic rings. The predicted octanol–water partition coefficient (Wildman–Crippen LogP) is 3.01. The molecular formula is C16H17F2N3O3S. The highest BCUT2D eigenvalue weighted by Gasteiger charge is 2.42. The molecule has 2 heterocycles. The van der Waals surface area contributed by atoms with E-state index < -0.39 is 28.8 Å². The van der Waals surface area contributed by atoms with Crippen molar-refractivity contribution in [3.05, 3.63) is 47.2 Å². The van der Waals surface area contributed by atoms with E-state index in [1.54, 1.807) is 32.0 Å². The second-order valence-electron chi connectivity index (χ2n) is 5.64. The molecule has 0 saturated heterocycles. The van der Waals surface area contributed by atoms with Gasteiger partial charge in [0, 0.05) is 18.3 Å². The van der Waals surface area contributed by atoms with Gasteiger partial charge in [0.1, 0.15) is 10.7 Å². The maximum absolute atomic E-state index is 13.0. The molecule has 1 aliphatic heterocycles. The minimum absolute atomic E-state index is 0.121. The molecule has 0 atom stereocenters. The Morgan fingerprint density at radius 2 is 1.92 bits per heavy atom. The van der Waals surface area contributed by atoms with Gasteiger partial charge in [-0.05, 0) is 19.4 Å². The third kappa shape index (κ3) is 2.78. The van der Waals surface area contributed by atoms with E-state index in [1.165, 1.54) is 16.9 Å². The van der Waals surface area contributed by atoms with E-state index in [0.717, 1.165) is 0 Å². The quantitative estimate of drug-likeness (QED) is 0.899. The van der Waals surface area contributed by atoms with Crippen LogP contribution in [0.3, 0.4) is 0 Å². The summed E-state index contributed by atoms with van der Waals surface area (Å²) in [5.41, 5.74) is 1.00. The maximum atomic E-state index is 13.0. The van der Waals surface area contributed by atoms with Gasteiger partial charge >= 0.3 is 0 Å². The van der Waals surface area contributed by atoms with Gasteiger partial charge in [-0.1, -0.05) is 24.3 Å². The highest BCUT2D eigenvalue weighted by molar-refractivity contribution is 8.02. The SMILES string of the molecule is CCn1cc2c(n1)N(CC(F)F)S(=O)(=O)C(c1ccccc1C)=C2O. The van der Waals surface area contributed by atoms with Crippen molar-refractivity contribution in [2.75, 3.05) is 10.8 Å². The van der Waals surface area contributed by atoms with Gasteiger partial charge in [0.15, 0.2) is 5.82 Å². The van der Waals surface area contributed by atoms with Crippen LogP contribution in [0.2, 0.25) is 0 Å². The molecule has 0 bridgehead atoms. The molecule has 1 aromatic carbocycles. The number of anilines is 1. The van der Waals surface area contributed by atoms with Crippen LogP contribution in [0.4, 0.5) is 14.6 Å². The summed E-state index contributed by atoms with van der Waals surface area (Å²) >= 11 is 0. The number of benzene rings is 1. The summed E-state index contributed by atoms with van der Waals surface area (Å²) in [6.07, 6.45) is -1.43. The summed E-state index contributed by atoms with van der Waals surface area (Å²) in [5, 5.41) is 14.7. The molecule has 0 spiro atoms. The van der Waals surface area contributed by atoms with E-state index in [9.17, 15) is 22.3 Å². The van der Waals surface area contributed by atoms with Crippen LogP contribution in [-0.4, -0.2) is 36.3 Å². The molecule has 0 saturated carbocycles. The summed E-state index contributed by atoms with van der Waals surface area (Å²) in [4.78, 5) is -0.380. The molecule has 25 heavy (non-hydrogen) atoms. The van der Waals surface area contributed by atoms with Crippen LogP contribution in [0.5, 0.6) is 0 Å². The first-order chi connectivity index (χ1) is 11.8. The summed E-state index contributed by atoms with van der Waals surface area (Å²) in [6, 6.07) is 6.58. The van der Waals surface area contributed by atoms with Gasteiger partial charge in [0.05, 0.1) is 12.1 Å². The first-order valence-electron chi connectivity index (χ1n) is 7.65. The lowest BCUT2D eigenvalue weighted by Gasteiger charge is -2.29. The van der Waals surface area contributed by atoms with Gasteiger partial charge in [-0.2, -0.15) is 5.10 Å². The Labute approximate surface area is 144 Å². The second-order valence-corrected chi connectivity index (χ2v) is 7.44. The Kier molecular flexibility index (Phi) is 4.28. The number of aliphatic hydroxyl groups excluding tert-OH is 1. The van der Waals surface area contributed by atoms with E-state index in [0.29, 0.717) is 16.4 Å². The smallest absolute Gasteiger partial charge is 0.270 e. The Bertz CT molecular complexity index is 951. The summed E-state index contributed by atoms with van der Waals surface area (Å²) in [7, 11) is -4.39. The van der Waals surface area contributed by atoms with Crippen LogP contribution in [0.1, 0.15) is 23.6 Å². The Hall–Kier alpha value is -2.42. The van der Waals surface area contributed by atoms with E-state index in [2.05, 4.69) is 5.10 Å². The van der Waals surface area contributed by atoms with Crippen LogP contribution in [0.25, 0.3) is 10.7 Å². The molecule has 6 nitrogen and oxygen atoms in total. The van der Waals surface area contributed by atoms with Gasteiger partial charge in [-0.25, -0.2) is 21.5 Å². The van der Waals surface area contributed by atoms with Crippen LogP contribution < -0.4 is 4.31 Å². The summed E-state index contributed by atoms with van der Waals surface area (Å²) < 4.78 is 54.0. The van der Waals surface area contributed by atoms with Crippen molar-refractivity contribution in [1.82, 2.24) is 9.78 Å². The fraction of sp³-hybridized carbons (Fsp3) is 0.312. The first-order valence-corrected chi connectivity index (χ1v) is 9.09. The molecular weight excluding hydrogens is 352 g/mol. The van der Waals surface area contributed by atoms with Crippen molar-refractivity contribution in [2.24, 2.45) is 0 Å². The number of fused-ring (bicyclic) bond motifs is 1. The molecule has 1 N–H and O–H groups in total. The minimum Gasteiger partial charge on any atom is -0.506 e. The average molecular weight is 369 g/mol. The lowest BCUT2D eigenvalue weighted by Crippen LogP contribution is -2.38. The standard InChI is InChI=1S/C16H17F2N3O3S/c1-3-20-8-12-14(22)15(11-7-5-4-6-10(11)2)25(23,24)21(9-13(17)18)16(12)19-20/h4-8,13,22H,3,9H2,1-2H3. The van der Waals surface area contributed by atoms with Gasteiger partial charge in [-0.15, -0.1) is 0 Å². The van der Waals surface area contributed by atoms with Gasteiger partial charge in [0.2, 0.25) is 0 Å². The highest BCUT2D eigenvalue weighted by Crippen LogP contribution is 2.42. The topological polar surface area (TPSA) is 75.4 Å². The van der Waals surface area contributed by atoms with Gasteiger partial charge in [-0.3, -0.25) is 4.68 Å². The fourth-order valence-corrected chi connectivity index (χ4v) is 4.55. The number of rotatable bonds is 4. The van der Waals surface area contributed by atoms with Crippen molar-refractivity contribution in [3.63, 3.8) is 0 Å². The number of hydrogen-bond donors (Lipinski definition) is 1. The summed E-state index contributed by atoms with van der Waals surface area (Å²) in [5.74, 6) is -0.661. The molecule has 0 unspecified atom stereocenters. The lowest BCUT2D eigenvalue weighted by atomic mass is 10.1. The summed E-state index contributed by atoms with van der Waals surface area (Å²) in [6.45, 7) is 2.84. The number of aliphatic hydroxyl groups is 1. The second kappa shape index (κ2) is 6.14. The Balaban J connectivity index is 2.33. The van der Waals surface area contributed by atoms with E-state index in [1.807, 2.05) is 0 Å². The Morgan fingerprint density at radius 1 is 1.24 bits per heavy atom. The number of hydrogen-bond acceptors (Lipinski definition) is 4. The third-order valence-electron chi connectivity index (χ3n) is 4.01. The van der Waals surface area contributed by atoms with Crippen molar-refractivity contribution in [2.45, 2.75) is 26.8 Å². The molecule has 0 fully saturated rings. The number of aryl methyl sites for hydroxylation is 2. The molecule has 3 rings (SSSR count). The normalized spacial score (nSPS) is 16.4. The molecule has 9 heteroatoms. The molecule has 134 valence electrons. The molecule has 1 aliphatic rings. The van der Waals surface area contributed by atoms with E-state index in [4.69, 9.17) is 0 Å². The van der Waals surface area contributed by atoms with Crippen LogP contribution in [0.15, 0.2) is 30.5 Å². The zero-order valence-electron chi connectivity index (χ0n) is 13.6. The number of halogens is 2. The Morgan fingerprint density at radius 3 is 2.52 bits per heavy atom. The van der Waals surface area contributed by atoms with E-state index in [-0.39, 0.29) is 21.8 Å². The van der Waals surface area contributed by atoms with Gasteiger partial charge in [0.25, 0.3) is 16.4 Å². The van der Waals surface area contributed by atoms with Gasteiger partial charge < -0.3 is 5.11 Å². The van der Waals surface area contributed by atoms with Crippen LogP contribution in [-0.2, 0) is 16.6 Å². The zero-order chi connectivity index (χ0) is 18.4. The van der Waals surface area contributed by atoms with Crippen LogP contribution >= 0.6 is 0 Å². The van der Waals surface area contributed by atoms with Crippen molar-refractivity contribution in [3.8, 4) is 0 Å². The monoisotopic (exact) mass is 369 g/mol. The number of alkyl halides is 2. The fourth-order valence-electron chi connectivity index (χ4n) is 2.80. The minimum atomic E-state index is -4.39. The van der Waals surface area contributed by atoms with Crippen molar-refractivity contribution in [1.29, 1.82) is 0 Å². The molecule has 1 aromatic heterocycles. The number of nitrogens with zero attached hydrogens (tertiary/aromatic N) is 3. The molecule has 0 aliphatic carbocycles. The van der Waals surface area contributed by atoms with Crippen molar-refractivity contribution < 1.29 is 22.3 Å². The first kappa shape index (κ1) is 17.4. The third-order valence-corrected chi connectivity index (χ3v) is 5.85. The predicted molar refractivity (Wildman–Crippen MR) is 90.8 cm³/mol. The molecule has 0 radical (unpaired) electrons. The largest absolute Gasteiger partial charge is 0.506 e. The highest BCUT2D eigenvalue weighted by atomic mass is 32.2. The average Bonchev–Trinajstić information content (AvgIpc) is 2.97. The van der Waals surface area contributed by atoms with Crippen LogP contribution in [0, 0.1) is 6.92 Å². The maximum Gasteiger partial charge on any atom is 0.270 e.